The van der Waals surface area contributed by atoms with Gasteiger partial charge in [-0.25, -0.2) is 0 Å². The van der Waals surface area contributed by atoms with Crippen LogP contribution in [0.1, 0.15) is 34.8 Å². The van der Waals surface area contributed by atoms with Crippen LogP contribution >= 0.6 is 0 Å². The van der Waals surface area contributed by atoms with Gasteiger partial charge >= 0.3 is 0 Å². The van der Waals surface area contributed by atoms with Gasteiger partial charge in [0.25, 0.3) is 11.8 Å². The molecule has 0 aliphatic heterocycles. The first-order valence-corrected chi connectivity index (χ1v) is 7.83. The number of carbonyl (C=O) groups is 2. The molecule has 0 spiro atoms. The van der Waals surface area contributed by atoms with Gasteiger partial charge in [-0.3, -0.25) is 9.59 Å². The van der Waals surface area contributed by atoms with Gasteiger partial charge in [-0.15, -0.1) is 0 Å². The van der Waals surface area contributed by atoms with Crippen molar-refractivity contribution in [3.05, 3.63) is 47.9 Å². The predicted molar refractivity (Wildman–Crippen MR) is 94.6 cm³/mol. The number of hydrogen-bond donors (Lipinski definition) is 2. The first-order valence-electron chi connectivity index (χ1n) is 7.83. The molecular formula is C18H23N3O3. The summed E-state index contributed by atoms with van der Waals surface area (Å²) in [6.45, 7) is 4.66. The molecule has 0 unspecified atom stereocenters. The minimum Gasteiger partial charge on any atom is -0.459 e. The van der Waals surface area contributed by atoms with Crippen molar-refractivity contribution in [1.82, 2.24) is 5.32 Å². The van der Waals surface area contributed by atoms with E-state index in [2.05, 4.69) is 10.6 Å². The van der Waals surface area contributed by atoms with Crippen LogP contribution in [-0.2, 0) is 0 Å². The summed E-state index contributed by atoms with van der Waals surface area (Å²) in [5.41, 5.74) is 1.84. The monoisotopic (exact) mass is 329 g/mol. The number of nitrogens with one attached hydrogen (secondary N) is 2. The van der Waals surface area contributed by atoms with Crippen molar-refractivity contribution in [3.8, 4) is 0 Å². The van der Waals surface area contributed by atoms with E-state index in [0.29, 0.717) is 23.7 Å². The zero-order valence-electron chi connectivity index (χ0n) is 14.4. The van der Waals surface area contributed by atoms with Crippen LogP contribution in [0, 0.1) is 5.92 Å². The number of hydrogen-bond acceptors (Lipinski definition) is 4. The summed E-state index contributed by atoms with van der Waals surface area (Å²) in [7, 11) is 3.74. The van der Waals surface area contributed by atoms with Crippen LogP contribution in [0.5, 0.6) is 0 Å². The largest absolute Gasteiger partial charge is 0.459 e. The third-order valence-electron chi connectivity index (χ3n) is 3.40. The Labute approximate surface area is 141 Å². The molecule has 0 atom stereocenters. The van der Waals surface area contributed by atoms with Crippen LogP contribution in [-0.4, -0.2) is 32.5 Å². The maximum atomic E-state index is 12.5. The van der Waals surface area contributed by atoms with Crippen molar-refractivity contribution in [3.63, 3.8) is 0 Å². The molecule has 0 aliphatic carbocycles. The smallest absolute Gasteiger partial charge is 0.291 e. The molecule has 6 heteroatoms. The van der Waals surface area contributed by atoms with Gasteiger partial charge in [0.05, 0.1) is 11.8 Å². The summed E-state index contributed by atoms with van der Waals surface area (Å²) in [4.78, 5) is 26.4. The SMILES string of the molecule is CC(C)CNC(=O)c1cc(NC(=O)c2ccco2)ccc1N(C)C. The minimum absolute atomic E-state index is 0.165. The lowest BCUT2D eigenvalue weighted by Gasteiger charge is -2.19. The Morgan fingerprint density at radius 3 is 2.50 bits per heavy atom. The van der Waals surface area contributed by atoms with Gasteiger partial charge in [0.15, 0.2) is 5.76 Å². The average Bonchev–Trinajstić information content (AvgIpc) is 3.06. The second kappa shape index (κ2) is 7.68. The first-order chi connectivity index (χ1) is 11.4. The Bertz CT molecular complexity index is 706. The molecular weight excluding hydrogens is 306 g/mol. The Morgan fingerprint density at radius 2 is 1.92 bits per heavy atom. The topological polar surface area (TPSA) is 74.6 Å². The van der Waals surface area contributed by atoms with Crippen LogP contribution < -0.4 is 15.5 Å². The summed E-state index contributed by atoms with van der Waals surface area (Å²) in [5, 5.41) is 5.64. The second-order valence-corrected chi connectivity index (χ2v) is 6.16. The molecule has 2 amide bonds. The van der Waals surface area contributed by atoms with E-state index in [1.54, 1.807) is 24.3 Å². The fourth-order valence-corrected chi connectivity index (χ4v) is 2.18. The molecule has 0 fully saturated rings. The van der Waals surface area contributed by atoms with Gasteiger partial charge < -0.3 is 20.0 Å². The summed E-state index contributed by atoms with van der Waals surface area (Å²) in [6.07, 6.45) is 1.44. The van der Waals surface area contributed by atoms with E-state index in [1.807, 2.05) is 38.9 Å². The van der Waals surface area contributed by atoms with E-state index < -0.39 is 0 Å². The van der Waals surface area contributed by atoms with Gasteiger partial charge in [0.2, 0.25) is 0 Å². The van der Waals surface area contributed by atoms with Crippen molar-refractivity contribution in [2.45, 2.75) is 13.8 Å². The Kier molecular flexibility index (Phi) is 5.63. The molecule has 2 rings (SSSR count). The zero-order valence-corrected chi connectivity index (χ0v) is 14.4. The highest BCUT2D eigenvalue weighted by Crippen LogP contribution is 2.23. The lowest BCUT2D eigenvalue weighted by molar-refractivity contribution is 0.0947. The van der Waals surface area contributed by atoms with Crippen molar-refractivity contribution in [2.75, 3.05) is 30.9 Å². The third kappa shape index (κ3) is 4.38. The Balaban J connectivity index is 2.23. The number of rotatable bonds is 6. The third-order valence-corrected chi connectivity index (χ3v) is 3.40. The molecule has 6 nitrogen and oxygen atoms in total. The molecule has 1 aromatic carbocycles. The number of furan rings is 1. The first kappa shape index (κ1) is 17.6. The van der Waals surface area contributed by atoms with E-state index in [4.69, 9.17) is 4.42 Å². The van der Waals surface area contributed by atoms with Gasteiger partial charge in [-0.2, -0.15) is 0 Å². The lowest BCUT2D eigenvalue weighted by atomic mass is 10.1. The molecule has 0 saturated heterocycles. The minimum atomic E-state index is -0.355. The van der Waals surface area contributed by atoms with Crippen LogP contribution in [0.3, 0.4) is 0 Å². The number of carbonyl (C=O) groups excluding carboxylic acids is 2. The van der Waals surface area contributed by atoms with E-state index in [1.165, 1.54) is 6.26 Å². The maximum Gasteiger partial charge on any atom is 0.291 e. The maximum absolute atomic E-state index is 12.5. The highest BCUT2D eigenvalue weighted by molar-refractivity contribution is 6.05. The van der Waals surface area contributed by atoms with Gasteiger partial charge in [0, 0.05) is 32.0 Å². The van der Waals surface area contributed by atoms with Crippen molar-refractivity contribution < 1.29 is 14.0 Å². The summed E-state index contributed by atoms with van der Waals surface area (Å²) >= 11 is 0. The lowest BCUT2D eigenvalue weighted by Crippen LogP contribution is -2.29. The number of benzene rings is 1. The molecule has 0 bridgehead atoms. The summed E-state index contributed by atoms with van der Waals surface area (Å²) in [6, 6.07) is 8.47. The summed E-state index contributed by atoms with van der Waals surface area (Å²) < 4.78 is 5.07. The fraction of sp³-hybridized carbons (Fsp3) is 0.333. The molecule has 128 valence electrons. The normalized spacial score (nSPS) is 10.5. The molecule has 1 aromatic heterocycles. The molecule has 2 aromatic rings. The molecule has 1 heterocycles. The average molecular weight is 329 g/mol. The van der Waals surface area contributed by atoms with Gasteiger partial charge in [0.1, 0.15) is 0 Å². The number of nitrogens with zero attached hydrogens (tertiary/aromatic N) is 1. The molecule has 0 radical (unpaired) electrons. The highest BCUT2D eigenvalue weighted by atomic mass is 16.3. The Morgan fingerprint density at radius 1 is 1.17 bits per heavy atom. The number of amides is 2. The van der Waals surface area contributed by atoms with E-state index >= 15 is 0 Å². The van der Waals surface area contributed by atoms with Crippen LogP contribution in [0.25, 0.3) is 0 Å². The molecule has 0 aliphatic rings. The molecule has 0 saturated carbocycles. The highest BCUT2D eigenvalue weighted by Gasteiger charge is 2.16. The standard InChI is InChI=1S/C18H23N3O3/c1-12(2)11-19-17(22)14-10-13(7-8-15(14)21(3)4)20-18(23)16-6-5-9-24-16/h5-10,12H,11H2,1-4H3,(H,19,22)(H,20,23). The van der Waals surface area contributed by atoms with E-state index in [-0.39, 0.29) is 17.6 Å². The van der Waals surface area contributed by atoms with Crippen molar-refractivity contribution in [1.29, 1.82) is 0 Å². The van der Waals surface area contributed by atoms with Gasteiger partial charge in [-0.05, 0) is 36.2 Å². The predicted octanol–water partition coefficient (Wildman–Crippen LogP) is 2.98. The number of anilines is 2. The van der Waals surface area contributed by atoms with Gasteiger partial charge in [-0.1, -0.05) is 13.8 Å². The van der Waals surface area contributed by atoms with E-state index in [0.717, 1.165) is 5.69 Å². The fourth-order valence-electron chi connectivity index (χ4n) is 2.18. The Hall–Kier alpha value is -2.76. The van der Waals surface area contributed by atoms with Crippen LogP contribution in [0.4, 0.5) is 11.4 Å². The quantitative estimate of drug-likeness (QED) is 0.854. The molecule has 24 heavy (non-hydrogen) atoms. The zero-order chi connectivity index (χ0) is 17.7. The second-order valence-electron chi connectivity index (χ2n) is 6.16. The summed E-state index contributed by atoms with van der Waals surface area (Å²) in [5.74, 6) is 0.0590. The van der Waals surface area contributed by atoms with Crippen LogP contribution in [0.15, 0.2) is 41.0 Å². The van der Waals surface area contributed by atoms with Crippen LogP contribution in [0.2, 0.25) is 0 Å². The van der Waals surface area contributed by atoms with Crippen molar-refractivity contribution >= 4 is 23.2 Å². The van der Waals surface area contributed by atoms with E-state index in [9.17, 15) is 9.59 Å². The molecule has 2 N–H and O–H groups in total. The van der Waals surface area contributed by atoms with Crippen molar-refractivity contribution in [2.24, 2.45) is 5.92 Å².